The number of ether oxygens (including phenoxy) is 2. The zero-order valence-corrected chi connectivity index (χ0v) is 15.0. The third-order valence-corrected chi connectivity index (χ3v) is 3.71. The van der Waals surface area contributed by atoms with E-state index in [1.807, 2.05) is 0 Å². The van der Waals surface area contributed by atoms with Crippen molar-refractivity contribution in [2.24, 2.45) is 0 Å². The van der Waals surface area contributed by atoms with Gasteiger partial charge in [0.05, 0.1) is 0 Å². The number of benzene rings is 2. The summed E-state index contributed by atoms with van der Waals surface area (Å²) in [6, 6.07) is 13.7. The lowest BCUT2D eigenvalue weighted by molar-refractivity contribution is -0.154. The number of halogens is 2. The third kappa shape index (κ3) is 6.64. The van der Waals surface area contributed by atoms with Gasteiger partial charge in [-0.25, -0.2) is 4.79 Å². The maximum Gasteiger partial charge on any atom is 0.347 e. The van der Waals surface area contributed by atoms with Crippen LogP contribution in [0.1, 0.15) is 12.5 Å². The fourth-order valence-electron chi connectivity index (χ4n) is 1.87. The molecule has 1 amide bonds. The van der Waals surface area contributed by atoms with Crippen LogP contribution in [0.15, 0.2) is 48.5 Å². The van der Waals surface area contributed by atoms with Gasteiger partial charge in [0.2, 0.25) is 0 Å². The van der Waals surface area contributed by atoms with E-state index < -0.39 is 18.0 Å². The summed E-state index contributed by atoms with van der Waals surface area (Å²) >= 11 is 11.6. The lowest BCUT2D eigenvalue weighted by Gasteiger charge is -2.14. The van der Waals surface area contributed by atoms with Gasteiger partial charge in [-0.3, -0.25) is 4.79 Å². The average Bonchev–Trinajstić information content (AvgIpc) is 2.61. The molecular formula is C18H17Cl2NO4. The van der Waals surface area contributed by atoms with Crippen LogP contribution in [0, 0.1) is 0 Å². The summed E-state index contributed by atoms with van der Waals surface area (Å²) in [7, 11) is 0. The van der Waals surface area contributed by atoms with Crippen molar-refractivity contribution in [3.63, 3.8) is 0 Å². The summed E-state index contributed by atoms with van der Waals surface area (Å²) in [6.07, 6.45) is -0.842. The molecule has 0 aromatic heterocycles. The molecule has 0 aliphatic carbocycles. The van der Waals surface area contributed by atoms with E-state index in [1.165, 1.54) is 0 Å². The number of nitrogens with one attached hydrogen (secondary N) is 1. The Bertz CT molecular complexity index is 717. The maximum absolute atomic E-state index is 11.9. The molecule has 0 heterocycles. The molecule has 1 atom stereocenters. The first-order valence-electron chi connectivity index (χ1n) is 7.54. The highest BCUT2D eigenvalue weighted by Crippen LogP contribution is 2.17. The largest absolute Gasteiger partial charge is 0.479 e. The predicted molar refractivity (Wildman–Crippen MR) is 95.8 cm³/mol. The van der Waals surface area contributed by atoms with Crippen molar-refractivity contribution in [3.05, 3.63) is 64.1 Å². The van der Waals surface area contributed by atoms with Crippen molar-refractivity contribution >= 4 is 35.1 Å². The van der Waals surface area contributed by atoms with Crippen molar-refractivity contribution in [2.45, 2.75) is 19.6 Å². The molecule has 132 valence electrons. The average molecular weight is 382 g/mol. The maximum atomic E-state index is 11.9. The molecule has 7 heteroatoms. The Kier molecular flexibility index (Phi) is 7.10. The quantitative estimate of drug-likeness (QED) is 0.743. The van der Waals surface area contributed by atoms with Crippen molar-refractivity contribution in [1.82, 2.24) is 5.32 Å². The second-order valence-corrected chi connectivity index (χ2v) is 6.10. The summed E-state index contributed by atoms with van der Waals surface area (Å²) in [5.74, 6) is -0.542. The Labute approximate surface area is 155 Å². The molecule has 0 radical (unpaired) electrons. The topological polar surface area (TPSA) is 64.6 Å². The van der Waals surface area contributed by atoms with Crippen LogP contribution in [0.4, 0.5) is 0 Å². The standard InChI is InChI=1S/C18H17Cl2NO4/c1-12(25-16-8-6-15(20)7-9-16)18(23)24-11-17(22)21-10-13-2-4-14(19)5-3-13/h2-9,12H,10-11H2,1H3,(H,21,22)/t12-/m1/s1. The van der Waals surface area contributed by atoms with E-state index >= 15 is 0 Å². The molecule has 0 aliphatic heterocycles. The Morgan fingerprint density at radius 3 is 2.16 bits per heavy atom. The van der Waals surface area contributed by atoms with E-state index in [0.29, 0.717) is 22.3 Å². The molecule has 0 saturated heterocycles. The Morgan fingerprint density at radius 2 is 1.56 bits per heavy atom. The number of amides is 1. The van der Waals surface area contributed by atoms with Gasteiger partial charge in [-0.1, -0.05) is 35.3 Å². The molecule has 0 bridgehead atoms. The van der Waals surface area contributed by atoms with Crippen molar-refractivity contribution in [1.29, 1.82) is 0 Å². The van der Waals surface area contributed by atoms with E-state index in [4.69, 9.17) is 32.7 Å². The van der Waals surface area contributed by atoms with Crippen LogP contribution >= 0.6 is 23.2 Å². The Morgan fingerprint density at radius 1 is 1.00 bits per heavy atom. The second kappa shape index (κ2) is 9.30. The van der Waals surface area contributed by atoms with Gasteiger partial charge < -0.3 is 14.8 Å². The van der Waals surface area contributed by atoms with Gasteiger partial charge in [0.25, 0.3) is 5.91 Å². The molecule has 0 fully saturated rings. The molecule has 0 spiro atoms. The number of hydrogen-bond donors (Lipinski definition) is 1. The fraction of sp³-hybridized carbons (Fsp3) is 0.222. The highest BCUT2D eigenvalue weighted by atomic mass is 35.5. The molecule has 2 aromatic rings. The van der Waals surface area contributed by atoms with Crippen LogP contribution in [-0.4, -0.2) is 24.6 Å². The van der Waals surface area contributed by atoms with Crippen LogP contribution in [-0.2, 0) is 20.9 Å². The molecule has 0 aliphatic rings. The molecule has 2 rings (SSSR count). The predicted octanol–water partition coefficient (Wildman–Crippen LogP) is 3.62. The number of hydrogen-bond acceptors (Lipinski definition) is 4. The van der Waals surface area contributed by atoms with Gasteiger partial charge >= 0.3 is 5.97 Å². The number of esters is 1. The molecule has 0 saturated carbocycles. The summed E-state index contributed by atoms with van der Waals surface area (Å²) < 4.78 is 10.4. The van der Waals surface area contributed by atoms with Gasteiger partial charge in [-0.05, 0) is 48.9 Å². The first-order chi connectivity index (χ1) is 11.9. The van der Waals surface area contributed by atoms with Gasteiger partial charge in [0, 0.05) is 16.6 Å². The Balaban J connectivity index is 1.71. The number of carbonyl (C=O) groups is 2. The van der Waals surface area contributed by atoms with Gasteiger partial charge in [0.15, 0.2) is 12.7 Å². The molecule has 0 unspecified atom stereocenters. The second-order valence-electron chi connectivity index (χ2n) is 5.22. The monoisotopic (exact) mass is 381 g/mol. The number of rotatable bonds is 7. The van der Waals surface area contributed by atoms with E-state index in [2.05, 4.69) is 5.32 Å². The molecule has 5 nitrogen and oxygen atoms in total. The van der Waals surface area contributed by atoms with Gasteiger partial charge in [-0.2, -0.15) is 0 Å². The number of carbonyl (C=O) groups excluding carboxylic acids is 2. The van der Waals surface area contributed by atoms with Crippen molar-refractivity contribution in [3.8, 4) is 5.75 Å². The zero-order valence-electron chi connectivity index (χ0n) is 13.5. The van der Waals surface area contributed by atoms with Crippen LogP contribution in [0.2, 0.25) is 10.0 Å². The normalized spacial score (nSPS) is 11.5. The van der Waals surface area contributed by atoms with E-state index in [0.717, 1.165) is 5.56 Å². The third-order valence-electron chi connectivity index (χ3n) is 3.21. The summed E-state index contributed by atoms with van der Waals surface area (Å²) in [4.78, 5) is 23.6. The smallest absolute Gasteiger partial charge is 0.347 e. The van der Waals surface area contributed by atoms with Crippen LogP contribution in [0.25, 0.3) is 0 Å². The minimum atomic E-state index is -0.842. The summed E-state index contributed by atoms with van der Waals surface area (Å²) in [6.45, 7) is 1.49. The zero-order chi connectivity index (χ0) is 18.2. The van der Waals surface area contributed by atoms with Crippen molar-refractivity contribution < 1.29 is 19.1 Å². The summed E-state index contributed by atoms with van der Waals surface area (Å²) in [5, 5.41) is 3.85. The molecule has 2 aromatic carbocycles. The highest BCUT2D eigenvalue weighted by molar-refractivity contribution is 6.30. The van der Waals surface area contributed by atoms with Gasteiger partial charge in [0.1, 0.15) is 5.75 Å². The SMILES string of the molecule is C[C@@H](Oc1ccc(Cl)cc1)C(=O)OCC(=O)NCc1ccc(Cl)cc1. The first kappa shape index (κ1) is 19.1. The minimum absolute atomic E-state index is 0.324. The first-order valence-corrected chi connectivity index (χ1v) is 8.29. The summed E-state index contributed by atoms with van der Waals surface area (Å²) in [5.41, 5.74) is 0.892. The fourth-order valence-corrected chi connectivity index (χ4v) is 2.13. The van der Waals surface area contributed by atoms with E-state index in [9.17, 15) is 9.59 Å². The van der Waals surface area contributed by atoms with Crippen molar-refractivity contribution in [2.75, 3.05) is 6.61 Å². The van der Waals surface area contributed by atoms with Gasteiger partial charge in [-0.15, -0.1) is 0 Å². The van der Waals surface area contributed by atoms with E-state index in [1.54, 1.807) is 55.5 Å². The van der Waals surface area contributed by atoms with Crippen LogP contribution in [0.5, 0.6) is 5.75 Å². The lowest BCUT2D eigenvalue weighted by Crippen LogP contribution is -2.32. The molecule has 25 heavy (non-hydrogen) atoms. The van der Waals surface area contributed by atoms with Crippen LogP contribution < -0.4 is 10.1 Å². The minimum Gasteiger partial charge on any atom is -0.479 e. The van der Waals surface area contributed by atoms with Crippen LogP contribution in [0.3, 0.4) is 0 Å². The highest BCUT2D eigenvalue weighted by Gasteiger charge is 2.17. The molecule has 1 N–H and O–H groups in total. The van der Waals surface area contributed by atoms with E-state index in [-0.39, 0.29) is 6.61 Å². The molecular weight excluding hydrogens is 365 g/mol. The Hall–Kier alpha value is -2.24. The lowest BCUT2D eigenvalue weighted by atomic mass is 10.2.